The number of carbonyl (C=O) groups excluding carboxylic acids is 1. The van der Waals surface area contributed by atoms with Crippen molar-refractivity contribution in [2.24, 2.45) is 0 Å². The van der Waals surface area contributed by atoms with E-state index < -0.39 is 0 Å². The summed E-state index contributed by atoms with van der Waals surface area (Å²) in [5.74, 6) is 0.239. The molecule has 0 aromatic carbocycles. The standard InChI is InChI=1S/C8H17NO/c1-5-7(2)9(4)6-8(3)10/h7H,5-6H2,1-4H3/t7-/m0/s1. The molecule has 2 heteroatoms. The Kier molecular flexibility index (Phi) is 4.28. The van der Waals surface area contributed by atoms with Gasteiger partial charge in [-0.1, -0.05) is 6.92 Å². The Morgan fingerprint density at radius 3 is 2.40 bits per heavy atom. The lowest BCUT2D eigenvalue weighted by atomic mass is 10.2. The SMILES string of the molecule is CC[C@H](C)N(C)CC(C)=O. The molecule has 0 heterocycles. The van der Waals surface area contributed by atoms with Crippen molar-refractivity contribution >= 4 is 5.78 Å². The van der Waals surface area contributed by atoms with E-state index in [9.17, 15) is 4.79 Å². The maximum Gasteiger partial charge on any atom is 0.143 e. The first kappa shape index (κ1) is 9.63. The van der Waals surface area contributed by atoms with Crippen LogP contribution >= 0.6 is 0 Å². The van der Waals surface area contributed by atoms with Crippen LogP contribution in [0.2, 0.25) is 0 Å². The van der Waals surface area contributed by atoms with Crippen LogP contribution in [0.1, 0.15) is 27.2 Å². The van der Waals surface area contributed by atoms with Gasteiger partial charge in [0, 0.05) is 6.04 Å². The van der Waals surface area contributed by atoms with Crippen LogP contribution in [0.25, 0.3) is 0 Å². The van der Waals surface area contributed by atoms with Crippen molar-refractivity contribution in [1.29, 1.82) is 0 Å². The summed E-state index contributed by atoms with van der Waals surface area (Å²) >= 11 is 0. The molecule has 0 aliphatic carbocycles. The van der Waals surface area contributed by atoms with E-state index >= 15 is 0 Å². The second-order valence-corrected chi connectivity index (χ2v) is 2.87. The molecule has 0 fully saturated rings. The number of rotatable bonds is 4. The van der Waals surface area contributed by atoms with E-state index in [4.69, 9.17) is 0 Å². The lowest BCUT2D eigenvalue weighted by Crippen LogP contribution is -2.32. The second kappa shape index (κ2) is 4.45. The van der Waals surface area contributed by atoms with Gasteiger partial charge in [0.2, 0.25) is 0 Å². The highest BCUT2D eigenvalue weighted by molar-refractivity contribution is 5.77. The largest absolute Gasteiger partial charge is 0.299 e. The quantitative estimate of drug-likeness (QED) is 0.591. The third-order valence-corrected chi connectivity index (χ3v) is 1.82. The molecule has 0 unspecified atom stereocenters. The highest BCUT2D eigenvalue weighted by atomic mass is 16.1. The van der Waals surface area contributed by atoms with Crippen LogP contribution < -0.4 is 0 Å². The van der Waals surface area contributed by atoms with Crippen molar-refractivity contribution in [3.8, 4) is 0 Å². The van der Waals surface area contributed by atoms with Crippen LogP contribution in [0.3, 0.4) is 0 Å². The molecule has 10 heavy (non-hydrogen) atoms. The summed E-state index contributed by atoms with van der Waals surface area (Å²) in [5.41, 5.74) is 0. The number of ketones is 1. The molecule has 0 saturated carbocycles. The highest BCUT2D eigenvalue weighted by Gasteiger charge is 2.07. The zero-order valence-electron chi connectivity index (χ0n) is 7.35. The van der Waals surface area contributed by atoms with Gasteiger partial charge in [0.05, 0.1) is 6.54 Å². The van der Waals surface area contributed by atoms with Gasteiger partial charge in [0.1, 0.15) is 5.78 Å². The summed E-state index contributed by atoms with van der Waals surface area (Å²) in [6.07, 6.45) is 1.10. The Bertz CT molecular complexity index is 112. The third kappa shape index (κ3) is 3.62. The van der Waals surface area contributed by atoms with E-state index in [2.05, 4.69) is 18.7 Å². The Morgan fingerprint density at radius 1 is 1.60 bits per heavy atom. The van der Waals surface area contributed by atoms with Gasteiger partial charge < -0.3 is 0 Å². The molecular weight excluding hydrogens is 126 g/mol. The van der Waals surface area contributed by atoms with Gasteiger partial charge >= 0.3 is 0 Å². The average Bonchev–Trinajstić information content (AvgIpc) is 1.85. The summed E-state index contributed by atoms with van der Waals surface area (Å²) in [5, 5.41) is 0. The number of carbonyl (C=O) groups is 1. The van der Waals surface area contributed by atoms with E-state index in [1.165, 1.54) is 0 Å². The third-order valence-electron chi connectivity index (χ3n) is 1.82. The summed E-state index contributed by atoms with van der Waals surface area (Å²) in [7, 11) is 1.98. The highest BCUT2D eigenvalue weighted by Crippen LogP contribution is 1.98. The molecule has 0 aromatic rings. The van der Waals surface area contributed by atoms with Gasteiger partial charge in [-0.3, -0.25) is 9.69 Å². The van der Waals surface area contributed by atoms with Crippen molar-refractivity contribution in [1.82, 2.24) is 4.90 Å². The van der Waals surface area contributed by atoms with Crippen molar-refractivity contribution < 1.29 is 4.79 Å². The lowest BCUT2D eigenvalue weighted by Gasteiger charge is -2.21. The van der Waals surface area contributed by atoms with Crippen LogP contribution in [0.4, 0.5) is 0 Å². The van der Waals surface area contributed by atoms with E-state index in [0.29, 0.717) is 12.6 Å². The lowest BCUT2D eigenvalue weighted by molar-refractivity contribution is -0.118. The predicted molar refractivity (Wildman–Crippen MR) is 43.1 cm³/mol. The fraction of sp³-hybridized carbons (Fsp3) is 0.875. The topological polar surface area (TPSA) is 20.3 Å². The van der Waals surface area contributed by atoms with E-state index in [1.807, 2.05) is 7.05 Å². The zero-order valence-corrected chi connectivity index (χ0v) is 7.35. The number of nitrogens with zero attached hydrogens (tertiary/aromatic N) is 1. The number of likely N-dealkylation sites (N-methyl/N-ethyl adjacent to an activating group) is 1. The number of hydrogen-bond donors (Lipinski definition) is 0. The molecule has 0 rings (SSSR count). The first-order valence-corrected chi connectivity index (χ1v) is 3.77. The van der Waals surface area contributed by atoms with Crippen molar-refractivity contribution in [3.63, 3.8) is 0 Å². The summed E-state index contributed by atoms with van der Waals surface area (Å²) in [6, 6.07) is 0.517. The summed E-state index contributed by atoms with van der Waals surface area (Å²) < 4.78 is 0. The molecule has 1 atom stereocenters. The van der Waals surface area contributed by atoms with Crippen molar-refractivity contribution in [2.75, 3.05) is 13.6 Å². The molecule has 2 nitrogen and oxygen atoms in total. The monoisotopic (exact) mass is 143 g/mol. The minimum Gasteiger partial charge on any atom is -0.299 e. The Morgan fingerprint density at radius 2 is 2.10 bits per heavy atom. The molecule has 0 aliphatic rings. The molecule has 0 radical (unpaired) electrons. The maximum atomic E-state index is 10.6. The van der Waals surface area contributed by atoms with Crippen LogP contribution in [0, 0.1) is 0 Å². The molecule has 0 bridgehead atoms. The Labute approximate surface area is 63.2 Å². The predicted octanol–water partition coefficient (Wildman–Crippen LogP) is 1.31. The maximum absolute atomic E-state index is 10.6. The molecule has 0 saturated heterocycles. The van der Waals surface area contributed by atoms with Crippen molar-refractivity contribution in [2.45, 2.75) is 33.2 Å². The van der Waals surface area contributed by atoms with E-state index in [1.54, 1.807) is 6.92 Å². The first-order valence-electron chi connectivity index (χ1n) is 3.77. The molecule has 0 aromatic heterocycles. The van der Waals surface area contributed by atoms with Crippen LogP contribution in [-0.4, -0.2) is 30.3 Å². The van der Waals surface area contributed by atoms with Gasteiger partial charge in [0.15, 0.2) is 0 Å². The molecule has 0 amide bonds. The zero-order chi connectivity index (χ0) is 8.15. The number of hydrogen-bond acceptors (Lipinski definition) is 2. The first-order chi connectivity index (χ1) is 4.57. The minimum absolute atomic E-state index is 0.239. The summed E-state index contributed by atoms with van der Waals surface area (Å²) in [4.78, 5) is 12.7. The van der Waals surface area contributed by atoms with Gasteiger partial charge in [-0.15, -0.1) is 0 Å². The molecule has 60 valence electrons. The second-order valence-electron chi connectivity index (χ2n) is 2.87. The molecule has 0 aliphatic heterocycles. The van der Waals surface area contributed by atoms with Gasteiger partial charge in [0.25, 0.3) is 0 Å². The molecule has 0 N–H and O–H groups in total. The summed E-state index contributed by atoms with van der Waals surface area (Å²) in [6.45, 7) is 6.46. The fourth-order valence-corrected chi connectivity index (χ4v) is 0.819. The van der Waals surface area contributed by atoms with E-state index in [0.717, 1.165) is 6.42 Å². The minimum atomic E-state index is 0.239. The Balaban J connectivity index is 3.61. The van der Waals surface area contributed by atoms with Crippen LogP contribution in [0.5, 0.6) is 0 Å². The Hall–Kier alpha value is -0.370. The fourth-order valence-electron chi connectivity index (χ4n) is 0.819. The van der Waals surface area contributed by atoms with Crippen LogP contribution in [-0.2, 0) is 4.79 Å². The van der Waals surface area contributed by atoms with Gasteiger partial charge in [-0.25, -0.2) is 0 Å². The van der Waals surface area contributed by atoms with Gasteiger partial charge in [-0.05, 0) is 27.3 Å². The normalized spacial score (nSPS) is 13.7. The van der Waals surface area contributed by atoms with Crippen LogP contribution in [0.15, 0.2) is 0 Å². The average molecular weight is 143 g/mol. The van der Waals surface area contributed by atoms with Crippen molar-refractivity contribution in [3.05, 3.63) is 0 Å². The number of Topliss-reactive ketones (excluding diaryl/α,β-unsaturated/α-hetero) is 1. The van der Waals surface area contributed by atoms with E-state index in [-0.39, 0.29) is 5.78 Å². The smallest absolute Gasteiger partial charge is 0.143 e. The molecule has 0 spiro atoms. The van der Waals surface area contributed by atoms with Gasteiger partial charge in [-0.2, -0.15) is 0 Å². The molecular formula is C8H17NO.